The van der Waals surface area contributed by atoms with Crippen molar-refractivity contribution in [3.8, 4) is 10.6 Å². The van der Waals surface area contributed by atoms with Crippen LogP contribution in [0.3, 0.4) is 0 Å². The molecule has 0 aliphatic heterocycles. The molecule has 1 amide bonds. The molecule has 4 rings (SSSR count). The van der Waals surface area contributed by atoms with Crippen LogP contribution in [0.4, 0.5) is 5.13 Å². The summed E-state index contributed by atoms with van der Waals surface area (Å²) in [5.74, 6) is 0.127. The molecule has 158 valence electrons. The number of rotatable bonds is 6. The van der Waals surface area contributed by atoms with Crippen LogP contribution in [0, 0.1) is 0 Å². The maximum absolute atomic E-state index is 12.5. The van der Waals surface area contributed by atoms with Crippen LogP contribution < -0.4 is 16.4 Å². The van der Waals surface area contributed by atoms with Gasteiger partial charge in [0, 0.05) is 12.0 Å². The number of amides is 1. The Morgan fingerprint density at radius 3 is 2.48 bits per heavy atom. The van der Waals surface area contributed by atoms with E-state index in [1.165, 1.54) is 16.9 Å². The lowest BCUT2D eigenvalue weighted by molar-refractivity contribution is -0.116. The third-order valence-corrected chi connectivity index (χ3v) is 5.83. The van der Waals surface area contributed by atoms with Crippen LogP contribution in [-0.2, 0) is 11.3 Å². The smallest absolute Gasteiger partial charge is 0.273 e. The highest BCUT2D eigenvalue weighted by molar-refractivity contribution is 7.18. The number of aromatic nitrogens is 4. The van der Waals surface area contributed by atoms with Crippen LogP contribution in [0.2, 0.25) is 0 Å². The first-order valence-electron chi connectivity index (χ1n) is 9.88. The number of aryl methyl sites for hydroxylation is 1. The Bertz CT molecular complexity index is 1350. The first kappa shape index (κ1) is 20.7. The fourth-order valence-electron chi connectivity index (χ4n) is 3.20. The number of aromatic amines is 1. The quantitative estimate of drug-likeness (QED) is 0.483. The van der Waals surface area contributed by atoms with E-state index in [4.69, 9.17) is 0 Å². The largest absolute Gasteiger partial charge is 0.300 e. The number of nitrogens with one attached hydrogen (secondary N) is 2. The van der Waals surface area contributed by atoms with Gasteiger partial charge in [-0.3, -0.25) is 19.5 Å². The number of carbonyl (C=O) groups is 1. The lowest BCUT2D eigenvalue weighted by Gasteiger charge is -2.06. The van der Waals surface area contributed by atoms with E-state index in [2.05, 4.69) is 46.6 Å². The maximum Gasteiger partial charge on any atom is 0.273 e. The Kier molecular flexibility index (Phi) is 5.77. The second-order valence-corrected chi connectivity index (χ2v) is 8.41. The van der Waals surface area contributed by atoms with Crippen molar-refractivity contribution < 1.29 is 4.79 Å². The number of fused-ring (bicyclic) bond motifs is 1. The molecule has 2 aromatic carbocycles. The second-order valence-electron chi connectivity index (χ2n) is 7.43. The molecule has 2 N–H and O–H groups in total. The van der Waals surface area contributed by atoms with Crippen molar-refractivity contribution in [2.24, 2.45) is 0 Å². The third kappa shape index (κ3) is 4.46. The highest BCUT2D eigenvalue weighted by Gasteiger charge is 2.12. The Labute approximate surface area is 181 Å². The average molecular weight is 436 g/mol. The molecule has 0 fully saturated rings. The standard InChI is InChI=1S/C22H21N5O3S/c1-13(2)14-7-9-15(10-8-14)20-24-25-22(31-20)23-18(28)11-12-27-21(30)17-6-4-3-5-16(17)19(29)26-27/h3-10,13H,11-12H2,1-2H3,(H,26,29)(H,23,25,28). The topological polar surface area (TPSA) is 110 Å². The minimum atomic E-state index is -0.368. The van der Waals surface area contributed by atoms with E-state index in [1.807, 2.05) is 12.1 Å². The van der Waals surface area contributed by atoms with Crippen LogP contribution in [-0.4, -0.2) is 25.9 Å². The fourth-order valence-corrected chi connectivity index (χ4v) is 3.97. The molecule has 0 unspecified atom stereocenters. The van der Waals surface area contributed by atoms with Gasteiger partial charge in [0.05, 0.1) is 17.3 Å². The number of benzene rings is 2. The van der Waals surface area contributed by atoms with Crippen LogP contribution >= 0.6 is 11.3 Å². The van der Waals surface area contributed by atoms with Gasteiger partial charge in [0.15, 0.2) is 0 Å². The minimum Gasteiger partial charge on any atom is -0.300 e. The van der Waals surface area contributed by atoms with Gasteiger partial charge < -0.3 is 5.32 Å². The highest BCUT2D eigenvalue weighted by Crippen LogP contribution is 2.27. The van der Waals surface area contributed by atoms with E-state index in [0.29, 0.717) is 26.8 Å². The van der Waals surface area contributed by atoms with E-state index in [9.17, 15) is 14.4 Å². The van der Waals surface area contributed by atoms with Gasteiger partial charge >= 0.3 is 0 Å². The molecule has 0 aliphatic rings. The van der Waals surface area contributed by atoms with E-state index >= 15 is 0 Å². The van der Waals surface area contributed by atoms with Crippen molar-refractivity contribution in [3.63, 3.8) is 0 Å². The second kappa shape index (κ2) is 8.65. The van der Waals surface area contributed by atoms with Gasteiger partial charge in [0.25, 0.3) is 11.1 Å². The summed E-state index contributed by atoms with van der Waals surface area (Å²) in [6.45, 7) is 4.32. The lowest BCUT2D eigenvalue weighted by Crippen LogP contribution is -2.31. The Morgan fingerprint density at radius 1 is 1.06 bits per heavy atom. The molecule has 8 nitrogen and oxygen atoms in total. The van der Waals surface area contributed by atoms with Gasteiger partial charge in [0.1, 0.15) is 5.01 Å². The van der Waals surface area contributed by atoms with Crippen LogP contribution in [0.15, 0.2) is 58.1 Å². The number of carbonyl (C=O) groups excluding carboxylic acids is 1. The SMILES string of the molecule is CC(C)c1ccc(-c2nnc(NC(=O)CCn3[nH]c(=O)c4ccccc4c3=O)s2)cc1. The number of nitrogens with zero attached hydrogens (tertiary/aromatic N) is 3. The fraction of sp³-hybridized carbons (Fsp3) is 0.227. The van der Waals surface area contributed by atoms with Crippen LogP contribution in [0.5, 0.6) is 0 Å². The van der Waals surface area contributed by atoms with Crippen molar-refractivity contribution in [1.29, 1.82) is 0 Å². The summed E-state index contributed by atoms with van der Waals surface area (Å²) in [6.07, 6.45) is 0.00614. The summed E-state index contributed by atoms with van der Waals surface area (Å²) < 4.78 is 1.16. The molecule has 0 atom stereocenters. The van der Waals surface area contributed by atoms with E-state index in [0.717, 1.165) is 10.2 Å². The molecule has 0 radical (unpaired) electrons. The van der Waals surface area contributed by atoms with Crippen molar-refractivity contribution in [2.75, 3.05) is 5.32 Å². The maximum atomic E-state index is 12.5. The number of H-pyrrole nitrogens is 1. The molecular weight excluding hydrogens is 414 g/mol. The number of hydrogen-bond acceptors (Lipinski definition) is 6. The van der Waals surface area contributed by atoms with Crippen molar-refractivity contribution in [1.82, 2.24) is 20.0 Å². The van der Waals surface area contributed by atoms with Crippen molar-refractivity contribution in [2.45, 2.75) is 32.7 Å². The summed E-state index contributed by atoms with van der Waals surface area (Å²) in [5.41, 5.74) is 1.46. The van der Waals surface area contributed by atoms with Gasteiger partial charge in [-0.1, -0.05) is 61.6 Å². The predicted octanol–water partition coefficient (Wildman–Crippen LogP) is 3.36. The number of hydrogen-bond donors (Lipinski definition) is 2. The summed E-state index contributed by atoms with van der Waals surface area (Å²) >= 11 is 1.28. The first-order valence-corrected chi connectivity index (χ1v) is 10.7. The molecule has 2 heterocycles. The van der Waals surface area contributed by atoms with Gasteiger partial charge in [-0.05, 0) is 23.6 Å². The van der Waals surface area contributed by atoms with Gasteiger partial charge in [0.2, 0.25) is 11.0 Å². The Hall–Kier alpha value is -3.59. The molecule has 31 heavy (non-hydrogen) atoms. The van der Waals surface area contributed by atoms with Gasteiger partial charge in [-0.2, -0.15) is 0 Å². The van der Waals surface area contributed by atoms with Crippen molar-refractivity contribution in [3.05, 3.63) is 74.8 Å². The van der Waals surface area contributed by atoms with Crippen molar-refractivity contribution >= 4 is 33.1 Å². The molecule has 0 saturated carbocycles. The van der Waals surface area contributed by atoms with E-state index < -0.39 is 0 Å². The monoisotopic (exact) mass is 435 g/mol. The zero-order chi connectivity index (χ0) is 22.0. The predicted molar refractivity (Wildman–Crippen MR) is 122 cm³/mol. The summed E-state index contributed by atoms with van der Waals surface area (Å²) in [6, 6.07) is 14.7. The molecule has 0 aliphatic carbocycles. The van der Waals surface area contributed by atoms with Gasteiger partial charge in [-0.15, -0.1) is 10.2 Å². The first-order chi connectivity index (χ1) is 14.9. The highest BCUT2D eigenvalue weighted by atomic mass is 32.1. The zero-order valence-electron chi connectivity index (χ0n) is 17.1. The molecular formula is C22H21N5O3S. The third-order valence-electron chi connectivity index (χ3n) is 4.94. The average Bonchev–Trinajstić information content (AvgIpc) is 3.23. The summed E-state index contributed by atoms with van der Waals surface area (Å²) in [4.78, 5) is 37.0. The molecule has 0 spiro atoms. The lowest BCUT2D eigenvalue weighted by atomic mass is 10.0. The molecule has 4 aromatic rings. The van der Waals surface area contributed by atoms with E-state index in [1.54, 1.807) is 24.3 Å². The summed E-state index contributed by atoms with van der Waals surface area (Å²) in [7, 11) is 0. The van der Waals surface area contributed by atoms with E-state index in [-0.39, 0.29) is 30.0 Å². The van der Waals surface area contributed by atoms with Crippen LogP contribution in [0.25, 0.3) is 21.3 Å². The molecule has 9 heteroatoms. The molecule has 0 bridgehead atoms. The Morgan fingerprint density at radius 2 is 1.77 bits per heavy atom. The minimum absolute atomic E-state index is 0.00614. The Balaban J connectivity index is 1.42. The number of anilines is 1. The zero-order valence-corrected chi connectivity index (χ0v) is 17.9. The van der Waals surface area contributed by atoms with Crippen LogP contribution in [0.1, 0.15) is 31.7 Å². The van der Waals surface area contributed by atoms with Gasteiger partial charge in [-0.25, -0.2) is 4.68 Å². The normalized spacial score (nSPS) is 11.2. The molecule has 2 aromatic heterocycles. The summed E-state index contributed by atoms with van der Waals surface area (Å²) in [5, 5.41) is 15.1. The molecule has 0 saturated heterocycles.